The normalized spacial score (nSPS) is 19.8. The molecule has 4 nitrogen and oxygen atoms in total. The number of halogens is 7. The number of aromatic nitrogens is 3. The molecule has 1 aliphatic heterocycles. The molecule has 0 saturated heterocycles. The van der Waals surface area contributed by atoms with Gasteiger partial charge in [-0.1, -0.05) is 12.1 Å². The van der Waals surface area contributed by atoms with Crippen LogP contribution in [0.4, 0.5) is 22.0 Å². The monoisotopic (exact) mass is 418 g/mol. The fraction of sp³-hybridized carbons (Fsp3) is 0.467. The van der Waals surface area contributed by atoms with E-state index in [0.717, 1.165) is 6.07 Å². The van der Waals surface area contributed by atoms with Crippen molar-refractivity contribution in [2.24, 2.45) is 5.73 Å². The van der Waals surface area contributed by atoms with E-state index in [2.05, 4.69) is 10.2 Å². The van der Waals surface area contributed by atoms with E-state index in [1.54, 1.807) is 0 Å². The van der Waals surface area contributed by atoms with Crippen molar-refractivity contribution < 1.29 is 22.0 Å². The van der Waals surface area contributed by atoms with Gasteiger partial charge in [-0.2, -0.15) is 13.2 Å². The molecule has 1 aliphatic rings. The molecule has 0 spiro atoms. The van der Waals surface area contributed by atoms with E-state index in [1.807, 2.05) is 0 Å². The van der Waals surface area contributed by atoms with Crippen molar-refractivity contribution in [2.75, 3.05) is 0 Å². The van der Waals surface area contributed by atoms with Gasteiger partial charge in [0.25, 0.3) is 0 Å². The molecular formula is C15H17Cl2F5N4. The van der Waals surface area contributed by atoms with Crippen LogP contribution in [0.1, 0.15) is 42.0 Å². The number of fused-ring (bicyclic) bond motifs is 1. The van der Waals surface area contributed by atoms with Crippen molar-refractivity contribution in [2.45, 2.75) is 43.9 Å². The second-order valence-corrected chi connectivity index (χ2v) is 5.90. The van der Waals surface area contributed by atoms with E-state index >= 15 is 0 Å². The highest BCUT2D eigenvalue weighted by atomic mass is 35.5. The van der Waals surface area contributed by atoms with Crippen molar-refractivity contribution in [3.63, 3.8) is 0 Å². The molecule has 2 heterocycles. The number of hydrogen-bond donors (Lipinski definition) is 1. The van der Waals surface area contributed by atoms with Crippen LogP contribution in [0.2, 0.25) is 0 Å². The van der Waals surface area contributed by atoms with Crippen molar-refractivity contribution in [1.29, 1.82) is 0 Å². The maximum absolute atomic E-state index is 14.1. The molecule has 0 fully saturated rings. The van der Waals surface area contributed by atoms with Crippen LogP contribution < -0.4 is 5.73 Å². The predicted octanol–water partition coefficient (Wildman–Crippen LogP) is 4.08. The fourth-order valence-electron chi connectivity index (χ4n) is 3.04. The molecule has 3 rings (SSSR count). The molecule has 0 amide bonds. The Kier molecular flexibility index (Phi) is 7.38. The SMILES string of the molecule is Cl.Cl.N[C@@H]1CC[C@@H](c2cccc(F)c2F)Cn2c(CC(F)(F)F)nnc21. The second kappa shape index (κ2) is 8.49. The average Bonchev–Trinajstić information content (AvgIpc) is 2.78. The first kappa shape index (κ1) is 22.6. The van der Waals surface area contributed by atoms with Crippen LogP contribution in [0.5, 0.6) is 0 Å². The largest absolute Gasteiger partial charge is 0.396 e. The molecule has 2 aromatic rings. The maximum atomic E-state index is 14.1. The van der Waals surface area contributed by atoms with Crippen molar-refractivity contribution >= 4 is 24.8 Å². The summed E-state index contributed by atoms with van der Waals surface area (Å²) in [5, 5.41) is 7.36. The van der Waals surface area contributed by atoms with Crippen molar-refractivity contribution in [1.82, 2.24) is 14.8 Å². The molecule has 0 radical (unpaired) electrons. The third-order valence-electron chi connectivity index (χ3n) is 4.20. The van der Waals surface area contributed by atoms with Crippen LogP contribution in [-0.2, 0) is 13.0 Å². The number of nitrogens with zero attached hydrogens (tertiary/aromatic N) is 3. The van der Waals surface area contributed by atoms with Crippen LogP contribution in [0.3, 0.4) is 0 Å². The summed E-state index contributed by atoms with van der Waals surface area (Å²) in [6.45, 7) is 0.0296. The van der Waals surface area contributed by atoms with Crippen LogP contribution in [-0.4, -0.2) is 20.9 Å². The molecular weight excluding hydrogens is 402 g/mol. The molecule has 1 aromatic heterocycles. The van der Waals surface area contributed by atoms with Gasteiger partial charge in [0.05, 0.1) is 6.04 Å². The quantitative estimate of drug-likeness (QED) is 0.747. The van der Waals surface area contributed by atoms with Crippen molar-refractivity contribution in [3.8, 4) is 0 Å². The Hall–Kier alpha value is -1.45. The lowest BCUT2D eigenvalue weighted by molar-refractivity contribution is -0.129. The first-order valence-corrected chi connectivity index (χ1v) is 7.44. The minimum Gasteiger partial charge on any atom is -0.321 e. The van der Waals surface area contributed by atoms with Gasteiger partial charge in [0.2, 0.25) is 0 Å². The lowest BCUT2D eigenvalue weighted by Gasteiger charge is -2.18. The molecule has 1 aromatic carbocycles. The third-order valence-corrected chi connectivity index (χ3v) is 4.20. The predicted molar refractivity (Wildman–Crippen MR) is 89.5 cm³/mol. The average molecular weight is 419 g/mol. The van der Waals surface area contributed by atoms with Gasteiger partial charge < -0.3 is 10.3 Å². The van der Waals surface area contributed by atoms with Crippen LogP contribution in [0.25, 0.3) is 0 Å². The summed E-state index contributed by atoms with van der Waals surface area (Å²) >= 11 is 0. The van der Waals surface area contributed by atoms with Gasteiger partial charge in [0, 0.05) is 12.5 Å². The summed E-state index contributed by atoms with van der Waals surface area (Å²) in [6.07, 6.45) is -4.88. The molecule has 146 valence electrons. The molecule has 11 heteroatoms. The zero-order valence-electron chi connectivity index (χ0n) is 13.3. The standard InChI is InChI=1S/C15H15F5N4.2ClH/c16-10-3-1-2-9(13(10)17)8-4-5-11(21)14-23-22-12(24(14)7-8)6-15(18,19)20;;/h1-3,8,11H,4-7,21H2;2*1H/t8-,11-;;/m1../s1. The van der Waals surface area contributed by atoms with Crippen LogP contribution >= 0.6 is 24.8 Å². The Balaban J connectivity index is 0.00000169. The van der Waals surface area contributed by atoms with Crippen LogP contribution in [0.15, 0.2) is 18.2 Å². The number of nitrogens with two attached hydrogens (primary N) is 1. The highest BCUT2D eigenvalue weighted by molar-refractivity contribution is 5.85. The van der Waals surface area contributed by atoms with Gasteiger partial charge in [0.15, 0.2) is 11.6 Å². The third kappa shape index (κ3) is 4.63. The number of hydrogen-bond acceptors (Lipinski definition) is 3. The smallest absolute Gasteiger partial charge is 0.321 e. The highest BCUT2D eigenvalue weighted by Gasteiger charge is 2.34. The summed E-state index contributed by atoms with van der Waals surface area (Å²) in [6, 6.07) is 3.22. The van der Waals surface area contributed by atoms with Gasteiger partial charge in [-0.3, -0.25) is 0 Å². The second-order valence-electron chi connectivity index (χ2n) is 5.90. The molecule has 0 bridgehead atoms. The van der Waals surface area contributed by atoms with E-state index < -0.39 is 36.2 Å². The summed E-state index contributed by atoms with van der Waals surface area (Å²) in [5.41, 5.74) is 6.09. The van der Waals surface area contributed by atoms with Gasteiger partial charge in [-0.25, -0.2) is 8.78 Å². The highest BCUT2D eigenvalue weighted by Crippen LogP contribution is 2.34. The first-order chi connectivity index (χ1) is 11.3. The van der Waals surface area contributed by atoms with Gasteiger partial charge >= 0.3 is 6.18 Å². The van der Waals surface area contributed by atoms with Gasteiger partial charge in [-0.15, -0.1) is 35.0 Å². The molecule has 26 heavy (non-hydrogen) atoms. The van der Waals surface area contributed by atoms with Crippen LogP contribution in [0, 0.1) is 11.6 Å². The van der Waals surface area contributed by atoms with E-state index in [1.165, 1.54) is 16.7 Å². The summed E-state index contributed by atoms with van der Waals surface area (Å²) in [7, 11) is 0. The number of alkyl halides is 3. The first-order valence-electron chi connectivity index (χ1n) is 7.44. The lowest BCUT2D eigenvalue weighted by atomic mass is 9.93. The van der Waals surface area contributed by atoms with Gasteiger partial charge in [0.1, 0.15) is 18.1 Å². The van der Waals surface area contributed by atoms with E-state index in [9.17, 15) is 22.0 Å². The molecule has 0 unspecified atom stereocenters. The van der Waals surface area contributed by atoms with E-state index in [-0.39, 0.29) is 48.6 Å². The zero-order chi connectivity index (χ0) is 17.5. The molecule has 2 N–H and O–H groups in total. The Bertz CT molecular complexity index is 750. The fourth-order valence-corrected chi connectivity index (χ4v) is 3.04. The molecule has 0 aliphatic carbocycles. The molecule has 0 saturated carbocycles. The Labute approximate surface area is 158 Å². The Morgan fingerprint density at radius 3 is 2.46 bits per heavy atom. The Morgan fingerprint density at radius 2 is 1.81 bits per heavy atom. The summed E-state index contributed by atoms with van der Waals surface area (Å²) < 4.78 is 66.9. The summed E-state index contributed by atoms with van der Waals surface area (Å²) in [4.78, 5) is 0. The Morgan fingerprint density at radius 1 is 1.12 bits per heavy atom. The number of rotatable bonds is 2. The van der Waals surface area contributed by atoms with E-state index in [4.69, 9.17) is 5.73 Å². The topological polar surface area (TPSA) is 56.7 Å². The molecule has 2 atom stereocenters. The minimum absolute atomic E-state index is 0. The zero-order valence-corrected chi connectivity index (χ0v) is 15.0. The van der Waals surface area contributed by atoms with Gasteiger partial charge in [-0.05, 0) is 24.5 Å². The number of benzene rings is 1. The minimum atomic E-state index is -4.44. The maximum Gasteiger partial charge on any atom is 0.396 e. The van der Waals surface area contributed by atoms with E-state index in [0.29, 0.717) is 12.8 Å². The lowest BCUT2D eigenvalue weighted by Crippen LogP contribution is -2.20. The van der Waals surface area contributed by atoms with Crippen molar-refractivity contribution in [3.05, 3.63) is 47.0 Å². The summed E-state index contributed by atoms with van der Waals surface area (Å²) in [5.74, 6) is -2.49.